The van der Waals surface area contributed by atoms with Crippen molar-refractivity contribution in [1.29, 1.82) is 0 Å². The van der Waals surface area contributed by atoms with Crippen LogP contribution in [-0.2, 0) is 4.79 Å². The van der Waals surface area contributed by atoms with Crippen LogP contribution >= 0.6 is 22.6 Å². The summed E-state index contributed by atoms with van der Waals surface area (Å²) in [6, 6.07) is 7.04. The van der Waals surface area contributed by atoms with E-state index in [1.807, 2.05) is 12.1 Å². The van der Waals surface area contributed by atoms with E-state index >= 15 is 0 Å². The molecule has 0 bridgehead atoms. The minimum absolute atomic E-state index is 0.152. The van der Waals surface area contributed by atoms with Gasteiger partial charge in [0.25, 0.3) is 5.91 Å². The SMILES string of the molecule is O=C(NC1CCCC1=O)c1ccc(I)cc1. The molecule has 1 saturated carbocycles. The predicted octanol–water partition coefficient (Wildman–Crippen LogP) is 2.14. The molecule has 1 unspecified atom stereocenters. The number of amides is 1. The normalized spacial score (nSPS) is 19.8. The zero-order valence-corrected chi connectivity index (χ0v) is 10.9. The highest BCUT2D eigenvalue weighted by atomic mass is 127. The van der Waals surface area contributed by atoms with Crippen LogP contribution in [0.15, 0.2) is 24.3 Å². The van der Waals surface area contributed by atoms with Crippen molar-refractivity contribution in [3.63, 3.8) is 0 Å². The Labute approximate surface area is 108 Å². The van der Waals surface area contributed by atoms with Crippen LogP contribution in [0.25, 0.3) is 0 Å². The Bertz CT molecular complexity index is 414. The van der Waals surface area contributed by atoms with Gasteiger partial charge in [-0.15, -0.1) is 0 Å². The molecule has 0 radical (unpaired) electrons. The van der Waals surface area contributed by atoms with Crippen molar-refractivity contribution in [1.82, 2.24) is 5.32 Å². The van der Waals surface area contributed by atoms with Gasteiger partial charge in [-0.3, -0.25) is 9.59 Å². The van der Waals surface area contributed by atoms with Gasteiger partial charge in [0.15, 0.2) is 5.78 Å². The van der Waals surface area contributed by atoms with Gasteiger partial charge in [0.2, 0.25) is 0 Å². The number of carbonyl (C=O) groups excluding carboxylic acids is 2. The van der Waals surface area contributed by atoms with Crippen molar-refractivity contribution in [3.05, 3.63) is 33.4 Å². The summed E-state index contributed by atoms with van der Waals surface area (Å²) in [5.41, 5.74) is 0.611. The van der Waals surface area contributed by atoms with Crippen molar-refractivity contribution in [2.24, 2.45) is 0 Å². The number of hydrogen-bond acceptors (Lipinski definition) is 2. The molecule has 1 aromatic rings. The van der Waals surface area contributed by atoms with Crippen LogP contribution in [-0.4, -0.2) is 17.7 Å². The van der Waals surface area contributed by atoms with Crippen LogP contribution < -0.4 is 5.32 Å². The first-order valence-corrected chi connectivity index (χ1v) is 6.34. The maximum absolute atomic E-state index is 11.8. The van der Waals surface area contributed by atoms with Crippen LogP contribution in [0.2, 0.25) is 0 Å². The highest BCUT2D eigenvalue weighted by Crippen LogP contribution is 2.15. The van der Waals surface area contributed by atoms with E-state index in [1.54, 1.807) is 12.1 Å². The second kappa shape index (κ2) is 4.95. The van der Waals surface area contributed by atoms with Gasteiger partial charge in [-0.1, -0.05) is 0 Å². The summed E-state index contributed by atoms with van der Waals surface area (Å²) in [7, 11) is 0. The Morgan fingerprint density at radius 3 is 2.56 bits per heavy atom. The average molecular weight is 329 g/mol. The number of ketones is 1. The second-order valence-corrected chi connectivity index (χ2v) is 5.14. The Morgan fingerprint density at radius 2 is 2.00 bits per heavy atom. The Morgan fingerprint density at radius 1 is 1.31 bits per heavy atom. The largest absolute Gasteiger partial charge is 0.342 e. The molecule has 0 saturated heterocycles. The molecule has 1 N–H and O–H groups in total. The number of Topliss-reactive ketones (excluding diaryl/α,β-unsaturated/α-hetero) is 1. The molecule has 3 nitrogen and oxygen atoms in total. The predicted molar refractivity (Wildman–Crippen MR) is 69.3 cm³/mol. The highest BCUT2D eigenvalue weighted by Gasteiger charge is 2.25. The molecule has 4 heteroatoms. The number of halogens is 1. The Kier molecular flexibility index (Phi) is 3.58. The molecule has 1 amide bonds. The summed E-state index contributed by atoms with van der Waals surface area (Å²) in [6.45, 7) is 0. The van der Waals surface area contributed by atoms with E-state index in [0.29, 0.717) is 12.0 Å². The summed E-state index contributed by atoms with van der Waals surface area (Å²) in [5, 5.41) is 2.77. The minimum atomic E-state index is -0.272. The van der Waals surface area contributed by atoms with Crippen LogP contribution in [0.1, 0.15) is 29.6 Å². The van der Waals surface area contributed by atoms with Crippen molar-refractivity contribution < 1.29 is 9.59 Å². The molecular formula is C12H12INO2. The smallest absolute Gasteiger partial charge is 0.251 e. The van der Waals surface area contributed by atoms with Crippen molar-refractivity contribution in [3.8, 4) is 0 Å². The molecule has 0 heterocycles. The monoisotopic (exact) mass is 329 g/mol. The number of nitrogens with one attached hydrogen (secondary N) is 1. The van der Waals surface area contributed by atoms with Gasteiger partial charge in [0.05, 0.1) is 6.04 Å². The van der Waals surface area contributed by atoms with Gasteiger partial charge in [-0.05, 0) is 59.7 Å². The maximum Gasteiger partial charge on any atom is 0.251 e. The first-order chi connectivity index (χ1) is 7.66. The van der Waals surface area contributed by atoms with Gasteiger partial charge in [0, 0.05) is 15.6 Å². The Balaban J connectivity index is 2.02. The van der Waals surface area contributed by atoms with Gasteiger partial charge in [-0.2, -0.15) is 0 Å². The third-order valence-electron chi connectivity index (χ3n) is 2.72. The summed E-state index contributed by atoms with van der Waals surface area (Å²) in [4.78, 5) is 23.2. The fraction of sp³-hybridized carbons (Fsp3) is 0.333. The first-order valence-electron chi connectivity index (χ1n) is 5.26. The standard InChI is InChI=1S/C12H12INO2/c13-9-6-4-8(5-7-9)12(16)14-10-2-1-3-11(10)15/h4-7,10H,1-3H2,(H,14,16). The lowest BCUT2D eigenvalue weighted by molar-refractivity contribution is -0.118. The minimum Gasteiger partial charge on any atom is -0.342 e. The molecule has 1 aliphatic carbocycles. The number of hydrogen-bond donors (Lipinski definition) is 1. The lowest BCUT2D eigenvalue weighted by Crippen LogP contribution is -2.37. The van der Waals surface area contributed by atoms with E-state index in [0.717, 1.165) is 16.4 Å². The van der Waals surface area contributed by atoms with Crippen molar-refractivity contribution >= 4 is 34.3 Å². The van der Waals surface area contributed by atoms with E-state index in [4.69, 9.17) is 0 Å². The topological polar surface area (TPSA) is 46.2 Å². The molecule has 0 spiro atoms. The van der Waals surface area contributed by atoms with Crippen LogP contribution in [0.4, 0.5) is 0 Å². The molecule has 16 heavy (non-hydrogen) atoms. The lowest BCUT2D eigenvalue weighted by atomic mass is 10.2. The summed E-state index contributed by atoms with van der Waals surface area (Å²) in [6.07, 6.45) is 2.25. The fourth-order valence-corrected chi connectivity index (χ4v) is 2.17. The van der Waals surface area contributed by atoms with E-state index < -0.39 is 0 Å². The Hall–Kier alpha value is -0.910. The number of rotatable bonds is 2. The van der Waals surface area contributed by atoms with Crippen molar-refractivity contribution in [2.45, 2.75) is 25.3 Å². The van der Waals surface area contributed by atoms with E-state index in [1.165, 1.54) is 0 Å². The maximum atomic E-state index is 11.8. The molecule has 1 fully saturated rings. The first kappa shape index (κ1) is 11.6. The molecular weight excluding hydrogens is 317 g/mol. The summed E-state index contributed by atoms with van der Waals surface area (Å²) in [5.74, 6) is -0.00416. The summed E-state index contributed by atoms with van der Waals surface area (Å²) >= 11 is 2.19. The lowest BCUT2D eigenvalue weighted by Gasteiger charge is -2.10. The molecule has 2 rings (SSSR count). The molecule has 0 aliphatic heterocycles. The number of carbonyl (C=O) groups is 2. The second-order valence-electron chi connectivity index (χ2n) is 3.89. The highest BCUT2D eigenvalue weighted by molar-refractivity contribution is 14.1. The third kappa shape index (κ3) is 2.61. The number of benzene rings is 1. The quantitative estimate of drug-likeness (QED) is 0.845. The van der Waals surface area contributed by atoms with E-state index in [-0.39, 0.29) is 17.7 Å². The zero-order valence-electron chi connectivity index (χ0n) is 8.70. The molecule has 84 valence electrons. The van der Waals surface area contributed by atoms with Crippen LogP contribution in [0.3, 0.4) is 0 Å². The summed E-state index contributed by atoms with van der Waals surface area (Å²) < 4.78 is 1.09. The van der Waals surface area contributed by atoms with Crippen LogP contribution in [0, 0.1) is 3.57 Å². The van der Waals surface area contributed by atoms with E-state index in [9.17, 15) is 9.59 Å². The van der Waals surface area contributed by atoms with E-state index in [2.05, 4.69) is 27.9 Å². The fourth-order valence-electron chi connectivity index (χ4n) is 1.81. The van der Waals surface area contributed by atoms with Gasteiger partial charge >= 0.3 is 0 Å². The average Bonchev–Trinajstić information content (AvgIpc) is 2.65. The molecule has 1 atom stereocenters. The molecule has 0 aromatic heterocycles. The molecule has 1 aromatic carbocycles. The molecule has 1 aliphatic rings. The zero-order chi connectivity index (χ0) is 11.5. The third-order valence-corrected chi connectivity index (χ3v) is 3.44. The van der Waals surface area contributed by atoms with Gasteiger partial charge in [0.1, 0.15) is 0 Å². The van der Waals surface area contributed by atoms with Crippen molar-refractivity contribution in [2.75, 3.05) is 0 Å². The van der Waals surface area contributed by atoms with Crippen LogP contribution in [0.5, 0.6) is 0 Å². The van der Waals surface area contributed by atoms with Gasteiger partial charge in [-0.25, -0.2) is 0 Å². The van der Waals surface area contributed by atoms with Gasteiger partial charge < -0.3 is 5.32 Å².